The number of hydrogen-bond acceptors (Lipinski definition) is 1. The van der Waals surface area contributed by atoms with E-state index in [1.165, 1.54) is 5.56 Å². The first-order chi connectivity index (χ1) is 10.7. The van der Waals surface area contributed by atoms with E-state index < -0.39 is 0 Å². The highest BCUT2D eigenvalue weighted by atomic mass is 35.5. The van der Waals surface area contributed by atoms with Crippen LogP contribution in [0.1, 0.15) is 24.0 Å². The fourth-order valence-corrected chi connectivity index (χ4v) is 2.24. The summed E-state index contributed by atoms with van der Waals surface area (Å²) in [5.41, 5.74) is 2.31. The molecule has 22 heavy (non-hydrogen) atoms. The molecule has 0 unspecified atom stereocenters. The van der Waals surface area contributed by atoms with E-state index in [0.717, 1.165) is 24.8 Å². The first-order valence-corrected chi connectivity index (χ1v) is 7.87. The minimum Gasteiger partial charge on any atom is -0.353 e. The summed E-state index contributed by atoms with van der Waals surface area (Å²) in [6.45, 7) is 0.705. The van der Waals surface area contributed by atoms with Crippen LogP contribution in [0.2, 0.25) is 5.02 Å². The molecule has 2 aromatic rings. The number of halogens is 1. The second kappa shape index (κ2) is 9.06. The predicted octanol–water partition coefficient (Wildman–Crippen LogP) is 4.49. The third-order valence-corrected chi connectivity index (χ3v) is 3.58. The number of benzene rings is 2. The van der Waals surface area contributed by atoms with Gasteiger partial charge >= 0.3 is 0 Å². The van der Waals surface area contributed by atoms with Gasteiger partial charge in [-0.25, -0.2) is 0 Å². The molecule has 0 bridgehead atoms. The number of hydrogen-bond donors (Lipinski definition) is 1. The van der Waals surface area contributed by atoms with Crippen LogP contribution in [0.4, 0.5) is 0 Å². The SMILES string of the molecule is O=C(C=Cc1ccc(Cl)cc1)NCCCCc1ccccc1. The molecule has 2 rings (SSSR count). The van der Waals surface area contributed by atoms with Gasteiger partial charge in [0.15, 0.2) is 0 Å². The molecule has 114 valence electrons. The Labute approximate surface area is 136 Å². The number of amides is 1. The van der Waals surface area contributed by atoms with Crippen LogP contribution in [0, 0.1) is 0 Å². The molecule has 2 nitrogen and oxygen atoms in total. The van der Waals surface area contributed by atoms with E-state index in [-0.39, 0.29) is 5.91 Å². The molecule has 0 aliphatic heterocycles. The number of nitrogens with one attached hydrogen (secondary N) is 1. The molecule has 0 heterocycles. The average molecular weight is 314 g/mol. The van der Waals surface area contributed by atoms with Gasteiger partial charge in [0.2, 0.25) is 5.91 Å². The smallest absolute Gasteiger partial charge is 0.243 e. The molecule has 0 fully saturated rings. The van der Waals surface area contributed by atoms with E-state index in [1.807, 2.05) is 30.3 Å². The fraction of sp³-hybridized carbons (Fsp3) is 0.211. The minimum atomic E-state index is -0.0605. The summed E-state index contributed by atoms with van der Waals surface area (Å²) < 4.78 is 0. The van der Waals surface area contributed by atoms with Gasteiger partial charge in [0, 0.05) is 17.6 Å². The zero-order valence-electron chi connectivity index (χ0n) is 12.5. The van der Waals surface area contributed by atoms with Crippen LogP contribution in [0.25, 0.3) is 6.08 Å². The Morgan fingerprint density at radius 2 is 1.73 bits per heavy atom. The molecule has 0 saturated heterocycles. The van der Waals surface area contributed by atoms with Gasteiger partial charge in [-0.15, -0.1) is 0 Å². The summed E-state index contributed by atoms with van der Waals surface area (Å²) in [6.07, 6.45) is 6.45. The quantitative estimate of drug-likeness (QED) is 0.592. The van der Waals surface area contributed by atoms with E-state index in [4.69, 9.17) is 11.6 Å². The maximum Gasteiger partial charge on any atom is 0.243 e. The van der Waals surface area contributed by atoms with Crippen molar-refractivity contribution in [3.63, 3.8) is 0 Å². The highest BCUT2D eigenvalue weighted by Crippen LogP contribution is 2.10. The van der Waals surface area contributed by atoms with Crippen LogP contribution >= 0.6 is 11.6 Å². The van der Waals surface area contributed by atoms with Crippen molar-refractivity contribution in [3.8, 4) is 0 Å². The molecule has 0 atom stereocenters. The Morgan fingerprint density at radius 1 is 1.00 bits per heavy atom. The number of unbranched alkanes of at least 4 members (excludes halogenated alkanes) is 1. The number of carbonyl (C=O) groups excluding carboxylic acids is 1. The highest BCUT2D eigenvalue weighted by Gasteiger charge is 1.96. The molecule has 1 N–H and O–H groups in total. The van der Waals surface area contributed by atoms with Crippen molar-refractivity contribution < 1.29 is 4.79 Å². The van der Waals surface area contributed by atoms with Gasteiger partial charge in [-0.05, 0) is 48.6 Å². The second-order valence-electron chi connectivity index (χ2n) is 5.12. The van der Waals surface area contributed by atoms with Gasteiger partial charge in [-0.3, -0.25) is 4.79 Å². The number of carbonyl (C=O) groups is 1. The van der Waals surface area contributed by atoms with E-state index >= 15 is 0 Å². The molecule has 1 amide bonds. The van der Waals surface area contributed by atoms with Crippen molar-refractivity contribution in [3.05, 3.63) is 76.8 Å². The van der Waals surface area contributed by atoms with Crippen LogP contribution in [0.3, 0.4) is 0 Å². The van der Waals surface area contributed by atoms with Crippen LogP contribution in [-0.2, 0) is 11.2 Å². The maximum absolute atomic E-state index is 11.7. The van der Waals surface area contributed by atoms with E-state index in [2.05, 4.69) is 29.6 Å². The van der Waals surface area contributed by atoms with Gasteiger partial charge in [0.1, 0.15) is 0 Å². The fourth-order valence-electron chi connectivity index (χ4n) is 2.12. The Balaban J connectivity index is 1.62. The lowest BCUT2D eigenvalue weighted by molar-refractivity contribution is -0.116. The van der Waals surface area contributed by atoms with Crippen molar-refractivity contribution in [2.45, 2.75) is 19.3 Å². The molecule has 0 spiro atoms. The number of aryl methyl sites for hydroxylation is 1. The van der Waals surface area contributed by atoms with Gasteiger partial charge in [-0.1, -0.05) is 54.1 Å². The zero-order valence-corrected chi connectivity index (χ0v) is 13.2. The molecule has 0 saturated carbocycles. The number of rotatable bonds is 7. The maximum atomic E-state index is 11.7. The standard InChI is InChI=1S/C19H20ClNO/c20-18-12-9-17(10-13-18)11-14-19(22)21-15-5-4-8-16-6-2-1-3-7-16/h1-3,6-7,9-14H,4-5,8,15H2,(H,21,22). The largest absolute Gasteiger partial charge is 0.353 e. The summed E-state index contributed by atoms with van der Waals surface area (Å²) in [4.78, 5) is 11.7. The lowest BCUT2D eigenvalue weighted by Crippen LogP contribution is -2.22. The van der Waals surface area contributed by atoms with Gasteiger partial charge in [0.05, 0.1) is 0 Å². The van der Waals surface area contributed by atoms with Crippen molar-refractivity contribution in [1.29, 1.82) is 0 Å². The Bertz CT molecular complexity index is 605. The van der Waals surface area contributed by atoms with Gasteiger partial charge < -0.3 is 5.32 Å². The Kier molecular flexibility index (Phi) is 6.72. The monoisotopic (exact) mass is 313 g/mol. The van der Waals surface area contributed by atoms with Crippen molar-refractivity contribution in [1.82, 2.24) is 5.32 Å². The molecule has 2 aromatic carbocycles. The van der Waals surface area contributed by atoms with Crippen molar-refractivity contribution in [2.75, 3.05) is 6.54 Å². The summed E-state index contributed by atoms with van der Waals surface area (Å²) in [5.74, 6) is -0.0605. The topological polar surface area (TPSA) is 29.1 Å². The summed E-state index contributed by atoms with van der Waals surface area (Å²) >= 11 is 5.81. The lowest BCUT2D eigenvalue weighted by atomic mass is 10.1. The van der Waals surface area contributed by atoms with Crippen molar-refractivity contribution in [2.24, 2.45) is 0 Å². The normalized spacial score (nSPS) is 10.8. The second-order valence-corrected chi connectivity index (χ2v) is 5.56. The molecule has 0 aromatic heterocycles. The molecular weight excluding hydrogens is 294 g/mol. The van der Waals surface area contributed by atoms with Crippen LogP contribution in [-0.4, -0.2) is 12.5 Å². The molecule has 0 radical (unpaired) electrons. The first kappa shape index (κ1) is 16.3. The van der Waals surface area contributed by atoms with E-state index in [0.29, 0.717) is 11.6 Å². The molecule has 0 aliphatic carbocycles. The lowest BCUT2D eigenvalue weighted by Gasteiger charge is -2.03. The van der Waals surface area contributed by atoms with Crippen LogP contribution in [0.15, 0.2) is 60.7 Å². The highest BCUT2D eigenvalue weighted by molar-refractivity contribution is 6.30. The van der Waals surface area contributed by atoms with Gasteiger partial charge in [0.25, 0.3) is 0 Å². The molecule has 0 aliphatic rings. The van der Waals surface area contributed by atoms with E-state index in [1.54, 1.807) is 12.2 Å². The predicted molar refractivity (Wildman–Crippen MR) is 92.9 cm³/mol. The summed E-state index contributed by atoms with van der Waals surface area (Å²) in [7, 11) is 0. The third kappa shape index (κ3) is 6.15. The minimum absolute atomic E-state index is 0.0605. The third-order valence-electron chi connectivity index (χ3n) is 3.33. The summed E-state index contributed by atoms with van der Waals surface area (Å²) in [5, 5.41) is 3.59. The molecule has 3 heteroatoms. The zero-order chi connectivity index (χ0) is 15.6. The average Bonchev–Trinajstić information content (AvgIpc) is 2.55. The van der Waals surface area contributed by atoms with Crippen LogP contribution in [0.5, 0.6) is 0 Å². The molecular formula is C19H20ClNO. The summed E-state index contributed by atoms with van der Waals surface area (Å²) in [6, 6.07) is 17.8. The first-order valence-electron chi connectivity index (χ1n) is 7.49. The van der Waals surface area contributed by atoms with E-state index in [9.17, 15) is 4.79 Å². The van der Waals surface area contributed by atoms with Crippen LogP contribution < -0.4 is 5.32 Å². The van der Waals surface area contributed by atoms with Crippen molar-refractivity contribution >= 4 is 23.6 Å². The van der Waals surface area contributed by atoms with Gasteiger partial charge in [-0.2, -0.15) is 0 Å². The Morgan fingerprint density at radius 3 is 2.45 bits per heavy atom. The Hall–Kier alpha value is -2.06.